The summed E-state index contributed by atoms with van der Waals surface area (Å²) in [5.74, 6) is -0.0948. The normalized spacial score (nSPS) is 12.2. The third-order valence-electron chi connectivity index (χ3n) is 3.46. The Morgan fingerprint density at radius 2 is 2.12 bits per heavy atom. The molecule has 1 aromatic carbocycles. The van der Waals surface area contributed by atoms with Crippen molar-refractivity contribution < 1.29 is 9.53 Å². The van der Waals surface area contributed by atoms with Gasteiger partial charge in [-0.05, 0) is 18.6 Å². The molecule has 0 aliphatic carbocycles. The number of carbonyl (C=O) groups excluding carboxylic acids is 1. The fourth-order valence-corrected chi connectivity index (χ4v) is 3.89. The molecule has 0 bridgehead atoms. The number of nitrogens with zero attached hydrogens (tertiary/aromatic N) is 3. The fourth-order valence-electron chi connectivity index (χ4n) is 2.25. The van der Waals surface area contributed by atoms with E-state index in [0.717, 1.165) is 20.9 Å². The van der Waals surface area contributed by atoms with E-state index in [2.05, 4.69) is 20.5 Å². The number of para-hydroxylation sites is 1. The standard InChI is InChI=1S/C17H18N4O2S2/c1-3-13(16(22)19-17-21-20-15(25-17)10-23-2)24-14-9-8-11-6-4-5-7-12(11)18-14/h4-9,13H,3,10H2,1-2H3,(H,19,21,22)/t13-/m0/s1. The van der Waals surface area contributed by atoms with Crippen molar-refractivity contribution in [2.24, 2.45) is 0 Å². The lowest BCUT2D eigenvalue weighted by molar-refractivity contribution is -0.115. The van der Waals surface area contributed by atoms with E-state index in [1.165, 1.54) is 23.1 Å². The first kappa shape index (κ1) is 17.8. The van der Waals surface area contributed by atoms with Crippen LogP contribution in [0.25, 0.3) is 10.9 Å². The van der Waals surface area contributed by atoms with Gasteiger partial charge >= 0.3 is 0 Å². The first-order chi connectivity index (χ1) is 12.2. The van der Waals surface area contributed by atoms with Crippen LogP contribution >= 0.6 is 23.1 Å². The van der Waals surface area contributed by atoms with Crippen molar-refractivity contribution in [3.05, 3.63) is 41.4 Å². The van der Waals surface area contributed by atoms with Crippen LogP contribution in [0, 0.1) is 0 Å². The summed E-state index contributed by atoms with van der Waals surface area (Å²) in [6, 6.07) is 11.9. The molecule has 3 aromatic rings. The van der Waals surface area contributed by atoms with Crippen molar-refractivity contribution in [2.45, 2.75) is 30.2 Å². The molecule has 0 saturated heterocycles. The molecule has 0 spiro atoms. The van der Waals surface area contributed by atoms with E-state index in [4.69, 9.17) is 4.74 Å². The second-order valence-corrected chi connectivity index (χ2v) is 7.57. The number of thioether (sulfide) groups is 1. The lowest BCUT2D eigenvalue weighted by Gasteiger charge is -2.13. The van der Waals surface area contributed by atoms with Crippen molar-refractivity contribution >= 4 is 45.0 Å². The number of aromatic nitrogens is 3. The number of fused-ring (bicyclic) bond motifs is 1. The number of rotatable bonds is 7. The molecule has 3 rings (SSSR count). The molecule has 0 radical (unpaired) electrons. The van der Waals surface area contributed by atoms with Crippen molar-refractivity contribution in [2.75, 3.05) is 12.4 Å². The summed E-state index contributed by atoms with van der Waals surface area (Å²) in [5, 5.41) is 13.7. The van der Waals surface area contributed by atoms with Crippen LogP contribution in [0.15, 0.2) is 41.4 Å². The average molecular weight is 374 g/mol. The van der Waals surface area contributed by atoms with E-state index in [9.17, 15) is 4.79 Å². The second kappa shape index (κ2) is 8.37. The highest BCUT2D eigenvalue weighted by molar-refractivity contribution is 8.00. The summed E-state index contributed by atoms with van der Waals surface area (Å²) in [4.78, 5) is 17.1. The third-order valence-corrected chi connectivity index (χ3v) is 5.58. The number of hydrogen-bond acceptors (Lipinski definition) is 7. The number of pyridine rings is 1. The van der Waals surface area contributed by atoms with Crippen LogP contribution in [0.2, 0.25) is 0 Å². The molecule has 2 aromatic heterocycles. The topological polar surface area (TPSA) is 77.0 Å². The lowest BCUT2D eigenvalue weighted by atomic mass is 10.2. The molecule has 2 heterocycles. The van der Waals surface area contributed by atoms with Gasteiger partial charge in [-0.2, -0.15) is 0 Å². The van der Waals surface area contributed by atoms with Crippen LogP contribution in [0.1, 0.15) is 18.4 Å². The molecule has 6 nitrogen and oxygen atoms in total. The van der Waals surface area contributed by atoms with Gasteiger partial charge in [-0.1, -0.05) is 54.3 Å². The number of methoxy groups -OCH3 is 1. The maximum Gasteiger partial charge on any atom is 0.239 e. The van der Waals surface area contributed by atoms with E-state index in [1.807, 2.05) is 43.3 Å². The summed E-state index contributed by atoms with van der Waals surface area (Å²) >= 11 is 2.77. The van der Waals surface area contributed by atoms with E-state index in [1.54, 1.807) is 7.11 Å². The van der Waals surface area contributed by atoms with E-state index >= 15 is 0 Å². The van der Waals surface area contributed by atoms with Crippen molar-refractivity contribution in [3.63, 3.8) is 0 Å². The largest absolute Gasteiger partial charge is 0.377 e. The predicted octanol–water partition coefficient (Wildman–Crippen LogP) is 3.74. The minimum absolute atomic E-state index is 0.0948. The lowest BCUT2D eigenvalue weighted by Crippen LogP contribution is -2.24. The third kappa shape index (κ3) is 4.53. The Kier molecular flexibility index (Phi) is 5.95. The van der Waals surface area contributed by atoms with Crippen LogP contribution in [-0.2, 0) is 16.1 Å². The monoisotopic (exact) mass is 374 g/mol. The Morgan fingerprint density at radius 1 is 1.28 bits per heavy atom. The Hall–Kier alpha value is -2.03. The number of benzene rings is 1. The molecule has 8 heteroatoms. The minimum Gasteiger partial charge on any atom is -0.377 e. The molecule has 0 aliphatic rings. The zero-order chi connectivity index (χ0) is 17.6. The first-order valence-corrected chi connectivity index (χ1v) is 9.54. The minimum atomic E-state index is -0.247. The van der Waals surface area contributed by atoms with Crippen LogP contribution in [0.3, 0.4) is 0 Å². The van der Waals surface area contributed by atoms with Gasteiger partial charge in [0.05, 0.1) is 15.8 Å². The number of anilines is 1. The number of ether oxygens (including phenoxy) is 1. The van der Waals surface area contributed by atoms with E-state index in [0.29, 0.717) is 18.2 Å². The molecular formula is C17H18N4O2S2. The van der Waals surface area contributed by atoms with Crippen LogP contribution in [0.5, 0.6) is 0 Å². The highest BCUT2D eigenvalue weighted by Gasteiger charge is 2.20. The van der Waals surface area contributed by atoms with Gasteiger partial charge in [0.2, 0.25) is 11.0 Å². The number of nitrogens with one attached hydrogen (secondary N) is 1. The summed E-state index contributed by atoms with van der Waals surface area (Å²) in [6.07, 6.45) is 0.689. The van der Waals surface area contributed by atoms with Gasteiger partial charge in [-0.3, -0.25) is 10.1 Å². The molecular weight excluding hydrogens is 356 g/mol. The van der Waals surface area contributed by atoms with Gasteiger partial charge in [0, 0.05) is 12.5 Å². The Bertz CT molecular complexity index is 868. The fraction of sp³-hybridized carbons (Fsp3) is 0.294. The summed E-state index contributed by atoms with van der Waals surface area (Å²) in [6.45, 7) is 2.37. The molecule has 130 valence electrons. The van der Waals surface area contributed by atoms with Crippen molar-refractivity contribution in [1.82, 2.24) is 15.2 Å². The van der Waals surface area contributed by atoms with Gasteiger partial charge in [0.1, 0.15) is 11.6 Å². The molecule has 0 aliphatic heterocycles. The number of amides is 1. The van der Waals surface area contributed by atoms with Gasteiger partial charge in [0.25, 0.3) is 0 Å². The van der Waals surface area contributed by atoms with E-state index in [-0.39, 0.29) is 11.2 Å². The van der Waals surface area contributed by atoms with Crippen LogP contribution in [0.4, 0.5) is 5.13 Å². The van der Waals surface area contributed by atoms with E-state index < -0.39 is 0 Å². The maximum atomic E-state index is 12.5. The van der Waals surface area contributed by atoms with Gasteiger partial charge in [-0.15, -0.1) is 10.2 Å². The van der Waals surface area contributed by atoms with Crippen molar-refractivity contribution in [1.29, 1.82) is 0 Å². The first-order valence-electron chi connectivity index (χ1n) is 7.84. The predicted molar refractivity (Wildman–Crippen MR) is 101 cm³/mol. The Morgan fingerprint density at radius 3 is 2.92 bits per heavy atom. The zero-order valence-corrected chi connectivity index (χ0v) is 15.6. The average Bonchev–Trinajstić information content (AvgIpc) is 3.06. The molecule has 1 atom stereocenters. The molecule has 0 fully saturated rings. The SMILES string of the molecule is CC[C@H](Sc1ccc2ccccc2n1)C(=O)Nc1nnc(COC)s1. The molecule has 0 unspecified atom stereocenters. The van der Waals surface area contributed by atoms with Crippen LogP contribution < -0.4 is 5.32 Å². The highest BCUT2D eigenvalue weighted by Crippen LogP contribution is 2.27. The maximum absolute atomic E-state index is 12.5. The molecule has 1 amide bonds. The zero-order valence-electron chi connectivity index (χ0n) is 13.9. The van der Waals surface area contributed by atoms with Gasteiger partial charge < -0.3 is 4.74 Å². The number of carbonyl (C=O) groups is 1. The smallest absolute Gasteiger partial charge is 0.239 e. The Balaban J connectivity index is 1.68. The summed E-state index contributed by atoms with van der Waals surface area (Å²) in [5.41, 5.74) is 0.927. The van der Waals surface area contributed by atoms with Crippen molar-refractivity contribution in [3.8, 4) is 0 Å². The van der Waals surface area contributed by atoms with Gasteiger partial charge in [-0.25, -0.2) is 4.98 Å². The molecule has 1 N–H and O–H groups in total. The molecule has 25 heavy (non-hydrogen) atoms. The second-order valence-electron chi connectivity index (χ2n) is 5.28. The summed E-state index contributed by atoms with van der Waals surface area (Å²) < 4.78 is 5.01. The Labute approximate surface area is 154 Å². The van der Waals surface area contributed by atoms with Gasteiger partial charge in [0.15, 0.2) is 0 Å². The van der Waals surface area contributed by atoms with Crippen LogP contribution in [-0.4, -0.2) is 33.4 Å². The quantitative estimate of drug-likeness (QED) is 0.635. The molecule has 0 saturated carbocycles. The summed E-state index contributed by atoms with van der Waals surface area (Å²) in [7, 11) is 1.60. The number of hydrogen-bond donors (Lipinski definition) is 1. The highest BCUT2D eigenvalue weighted by atomic mass is 32.2.